The lowest BCUT2D eigenvalue weighted by molar-refractivity contribution is 0.182. The maximum absolute atomic E-state index is 6.00. The Morgan fingerprint density at radius 1 is 1.11 bits per heavy atom. The summed E-state index contributed by atoms with van der Waals surface area (Å²) in [5.41, 5.74) is 3.19. The number of benzene rings is 1. The highest BCUT2D eigenvalue weighted by Gasteiger charge is 2.25. The van der Waals surface area contributed by atoms with Gasteiger partial charge in [0.25, 0.3) is 0 Å². The predicted molar refractivity (Wildman–Crippen MR) is 107 cm³/mol. The Morgan fingerprint density at radius 2 is 1.96 bits per heavy atom. The summed E-state index contributed by atoms with van der Waals surface area (Å²) in [5, 5.41) is 4.36. The van der Waals surface area contributed by atoms with Crippen molar-refractivity contribution in [3.63, 3.8) is 0 Å². The SMILES string of the molecule is CC(c1ccc2c(c1)-c1nc(-c3ncnn3C(C)C)cn1CCO2)N1C[CH]C1. The summed E-state index contributed by atoms with van der Waals surface area (Å²) in [5.74, 6) is 2.64. The predicted octanol–water partition coefficient (Wildman–Crippen LogP) is 3.36. The molecule has 2 aromatic heterocycles. The van der Waals surface area contributed by atoms with E-state index in [4.69, 9.17) is 9.72 Å². The number of fused-ring (bicyclic) bond motifs is 3. The molecule has 28 heavy (non-hydrogen) atoms. The normalized spacial score (nSPS) is 17.4. The number of nitrogens with zero attached hydrogens (tertiary/aromatic N) is 6. The minimum atomic E-state index is 0.232. The lowest BCUT2D eigenvalue weighted by Gasteiger charge is -2.36. The van der Waals surface area contributed by atoms with Crippen LogP contribution in [0.3, 0.4) is 0 Å². The Bertz CT molecular complexity index is 1000. The van der Waals surface area contributed by atoms with Crippen molar-refractivity contribution >= 4 is 0 Å². The van der Waals surface area contributed by atoms with Crippen LogP contribution >= 0.6 is 0 Å². The van der Waals surface area contributed by atoms with Gasteiger partial charge in [0.15, 0.2) is 5.82 Å². The molecule has 2 aliphatic rings. The third-order valence-electron chi connectivity index (χ3n) is 5.66. The zero-order chi connectivity index (χ0) is 19.3. The first-order valence-corrected chi connectivity index (χ1v) is 9.91. The molecular formula is C21H25N6O. The van der Waals surface area contributed by atoms with Crippen molar-refractivity contribution in [3.05, 3.63) is 42.7 Å². The monoisotopic (exact) mass is 377 g/mol. The first kappa shape index (κ1) is 17.4. The first-order chi connectivity index (χ1) is 13.6. The second-order valence-electron chi connectivity index (χ2n) is 7.79. The standard InChI is InChI=1S/C21H25N6O/c1-14(2)27-21(22-13-23-27)18-12-26-9-10-28-19-6-5-16(11-17(19)20(26)24-18)15(3)25-7-4-8-25/h4-6,11-15H,7-10H2,1-3H3. The van der Waals surface area contributed by atoms with Crippen molar-refractivity contribution < 1.29 is 4.74 Å². The van der Waals surface area contributed by atoms with Crippen molar-refractivity contribution in [2.45, 2.75) is 39.4 Å². The second kappa shape index (κ2) is 6.74. The van der Waals surface area contributed by atoms with Crippen molar-refractivity contribution in [1.29, 1.82) is 0 Å². The molecule has 1 aromatic carbocycles. The Labute approximate surface area is 165 Å². The molecule has 1 saturated heterocycles. The van der Waals surface area contributed by atoms with Crippen LogP contribution in [-0.2, 0) is 6.54 Å². The summed E-state index contributed by atoms with van der Waals surface area (Å²) in [6, 6.07) is 7.11. The van der Waals surface area contributed by atoms with E-state index in [1.807, 2.05) is 4.68 Å². The Kier molecular flexibility index (Phi) is 4.19. The number of hydrogen-bond donors (Lipinski definition) is 0. The van der Waals surface area contributed by atoms with Gasteiger partial charge < -0.3 is 9.30 Å². The van der Waals surface area contributed by atoms with Gasteiger partial charge in [0.2, 0.25) is 0 Å². The molecule has 2 aliphatic heterocycles. The van der Waals surface area contributed by atoms with Gasteiger partial charge in [-0.3, -0.25) is 4.90 Å². The van der Waals surface area contributed by atoms with Crippen molar-refractivity contribution in [1.82, 2.24) is 29.2 Å². The van der Waals surface area contributed by atoms with Gasteiger partial charge in [0.05, 0.1) is 12.1 Å². The zero-order valence-corrected chi connectivity index (χ0v) is 16.5. The smallest absolute Gasteiger partial charge is 0.178 e. The molecule has 0 spiro atoms. The maximum atomic E-state index is 6.00. The largest absolute Gasteiger partial charge is 0.491 e. The van der Waals surface area contributed by atoms with Crippen LogP contribution in [-0.4, -0.2) is 48.9 Å². The van der Waals surface area contributed by atoms with Crippen LogP contribution in [0.1, 0.15) is 38.4 Å². The van der Waals surface area contributed by atoms with E-state index in [1.165, 1.54) is 5.56 Å². The molecule has 3 aromatic rings. The third-order valence-corrected chi connectivity index (χ3v) is 5.66. The minimum absolute atomic E-state index is 0.232. The van der Waals surface area contributed by atoms with Crippen molar-refractivity contribution in [2.24, 2.45) is 0 Å². The average molecular weight is 377 g/mol. The maximum Gasteiger partial charge on any atom is 0.178 e. The molecule has 7 heteroatoms. The quantitative estimate of drug-likeness (QED) is 0.698. The van der Waals surface area contributed by atoms with Gasteiger partial charge in [-0.05, 0) is 44.9 Å². The van der Waals surface area contributed by atoms with Crippen LogP contribution in [0.15, 0.2) is 30.7 Å². The van der Waals surface area contributed by atoms with Crippen LogP contribution < -0.4 is 4.74 Å². The van der Waals surface area contributed by atoms with Gasteiger partial charge in [-0.2, -0.15) is 5.10 Å². The molecule has 145 valence electrons. The van der Waals surface area contributed by atoms with E-state index < -0.39 is 0 Å². The number of aromatic nitrogens is 5. The van der Waals surface area contributed by atoms with Crippen LogP contribution in [0, 0.1) is 6.42 Å². The van der Waals surface area contributed by atoms with Gasteiger partial charge in [-0.1, -0.05) is 6.07 Å². The molecule has 1 radical (unpaired) electrons. The van der Waals surface area contributed by atoms with E-state index in [0.29, 0.717) is 12.6 Å². The fourth-order valence-electron chi connectivity index (χ4n) is 3.89. The summed E-state index contributed by atoms with van der Waals surface area (Å²) < 4.78 is 10.1. The van der Waals surface area contributed by atoms with Gasteiger partial charge >= 0.3 is 0 Å². The molecule has 0 amide bonds. The highest BCUT2D eigenvalue weighted by atomic mass is 16.5. The number of imidazole rings is 1. The molecule has 1 fully saturated rings. The Morgan fingerprint density at radius 3 is 2.71 bits per heavy atom. The number of rotatable bonds is 4. The molecule has 0 aliphatic carbocycles. The third kappa shape index (κ3) is 2.81. The summed E-state index contributed by atoms with van der Waals surface area (Å²) in [7, 11) is 0. The molecule has 5 rings (SSSR count). The lowest BCUT2D eigenvalue weighted by atomic mass is 10.00. The second-order valence-corrected chi connectivity index (χ2v) is 7.79. The molecule has 0 bridgehead atoms. The summed E-state index contributed by atoms with van der Waals surface area (Å²) in [4.78, 5) is 11.9. The van der Waals surface area contributed by atoms with Crippen LogP contribution in [0.5, 0.6) is 5.75 Å². The fraction of sp³-hybridized carbons (Fsp3) is 0.429. The molecule has 7 nitrogen and oxygen atoms in total. The Balaban J connectivity index is 1.58. The molecule has 0 saturated carbocycles. The summed E-state index contributed by atoms with van der Waals surface area (Å²) >= 11 is 0. The Hall–Kier alpha value is -2.67. The van der Waals surface area contributed by atoms with E-state index in [2.05, 4.69) is 71.1 Å². The lowest BCUT2D eigenvalue weighted by Crippen LogP contribution is -2.39. The number of likely N-dealkylation sites (tertiary alicyclic amines) is 1. The highest BCUT2D eigenvalue weighted by molar-refractivity contribution is 5.69. The van der Waals surface area contributed by atoms with E-state index in [1.54, 1.807) is 6.33 Å². The minimum Gasteiger partial charge on any atom is -0.491 e. The van der Waals surface area contributed by atoms with Gasteiger partial charge in [0, 0.05) is 31.4 Å². The van der Waals surface area contributed by atoms with E-state index in [-0.39, 0.29) is 6.04 Å². The molecule has 4 heterocycles. The molecule has 1 unspecified atom stereocenters. The topological polar surface area (TPSA) is 61.0 Å². The van der Waals surface area contributed by atoms with Crippen molar-refractivity contribution in [3.8, 4) is 28.7 Å². The van der Waals surface area contributed by atoms with E-state index in [9.17, 15) is 0 Å². The van der Waals surface area contributed by atoms with Crippen LogP contribution in [0.25, 0.3) is 22.9 Å². The highest BCUT2D eigenvalue weighted by Crippen LogP contribution is 2.37. The van der Waals surface area contributed by atoms with E-state index >= 15 is 0 Å². The molecular weight excluding hydrogens is 352 g/mol. The molecule has 1 atom stereocenters. The van der Waals surface area contributed by atoms with Gasteiger partial charge in [0.1, 0.15) is 30.2 Å². The summed E-state index contributed by atoms with van der Waals surface area (Å²) in [6.45, 7) is 9.96. The number of ether oxygens (including phenoxy) is 1. The van der Waals surface area contributed by atoms with Gasteiger partial charge in [-0.25, -0.2) is 14.6 Å². The van der Waals surface area contributed by atoms with Crippen LogP contribution in [0.2, 0.25) is 0 Å². The van der Waals surface area contributed by atoms with Gasteiger partial charge in [-0.15, -0.1) is 0 Å². The fourth-order valence-corrected chi connectivity index (χ4v) is 3.89. The van der Waals surface area contributed by atoms with E-state index in [0.717, 1.165) is 48.3 Å². The first-order valence-electron chi connectivity index (χ1n) is 9.91. The number of hydrogen-bond acceptors (Lipinski definition) is 5. The zero-order valence-electron chi connectivity index (χ0n) is 16.5. The summed E-state index contributed by atoms with van der Waals surface area (Å²) in [6.07, 6.45) is 5.96. The van der Waals surface area contributed by atoms with Crippen molar-refractivity contribution in [2.75, 3.05) is 19.7 Å². The van der Waals surface area contributed by atoms with Crippen LogP contribution in [0.4, 0.5) is 0 Å². The molecule has 0 N–H and O–H groups in total. The average Bonchev–Trinajstić information content (AvgIpc) is 3.24.